The third kappa shape index (κ3) is 4.87. The predicted molar refractivity (Wildman–Crippen MR) is 125 cm³/mol. The van der Waals surface area contributed by atoms with Gasteiger partial charge in [0.1, 0.15) is 11.3 Å². The van der Waals surface area contributed by atoms with Gasteiger partial charge in [-0.25, -0.2) is 9.78 Å². The van der Waals surface area contributed by atoms with Gasteiger partial charge < -0.3 is 14.3 Å². The number of phenolic OH excluding ortho intramolecular Hbond substituents is 1. The van der Waals surface area contributed by atoms with Crippen LogP contribution in [0.1, 0.15) is 25.8 Å². The maximum Gasteiger partial charge on any atom is 0.336 e. The summed E-state index contributed by atoms with van der Waals surface area (Å²) in [6.07, 6.45) is 0.816. The van der Waals surface area contributed by atoms with Crippen LogP contribution in [0.2, 0.25) is 0 Å². The number of aromatic hydroxyl groups is 1. The summed E-state index contributed by atoms with van der Waals surface area (Å²) in [4.78, 5) is 29.9. The molecule has 0 atom stereocenters. The average Bonchev–Trinajstić information content (AvgIpc) is 2.75. The third-order valence-corrected chi connectivity index (χ3v) is 6.00. The first kappa shape index (κ1) is 22.1. The second-order valence-corrected chi connectivity index (χ2v) is 8.64. The first-order chi connectivity index (χ1) is 15.4. The normalized spacial score (nSPS) is 11.6. The summed E-state index contributed by atoms with van der Waals surface area (Å²) in [6, 6.07) is 13.4. The van der Waals surface area contributed by atoms with Crippen LogP contribution in [0.5, 0.6) is 5.75 Å². The molecular formula is C24H24N2O5S. The smallest absolute Gasteiger partial charge is 0.336 e. The molecule has 32 heavy (non-hydrogen) atoms. The monoisotopic (exact) mass is 452 g/mol. The molecule has 0 saturated carbocycles. The van der Waals surface area contributed by atoms with Gasteiger partial charge in [-0.3, -0.25) is 9.36 Å². The molecule has 0 unspecified atom stereocenters. The maximum atomic E-state index is 13.2. The second kappa shape index (κ2) is 9.58. The van der Waals surface area contributed by atoms with Crippen LogP contribution in [-0.4, -0.2) is 27.4 Å². The highest BCUT2D eigenvalue weighted by Crippen LogP contribution is 2.28. The van der Waals surface area contributed by atoms with Crippen LogP contribution >= 0.6 is 11.8 Å². The van der Waals surface area contributed by atoms with Crippen molar-refractivity contribution in [1.29, 1.82) is 0 Å². The van der Waals surface area contributed by atoms with Gasteiger partial charge in [0.15, 0.2) is 5.16 Å². The van der Waals surface area contributed by atoms with Gasteiger partial charge in [0.2, 0.25) is 0 Å². The third-order valence-electron chi connectivity index (χ3n) is 4.97. The number of thioether (sulfide) groups is 1. The van der Waals surface area contributed by atoms with E-state index in [0.29, 0.717) is 47.0 Å². The molecule has 0 aliphatic carbocycles. The summed E-state index contributed by atoms with van der Waals surface area (Å²) < 4.78 is 12.5. The van der Waals surface area contributed by atoms with Gasteiger partial charge in [-0.1, -0.05) is 23.9 Å². The van der Waals surface area contributed by atoms with Crippen molar-refractivity contribution >= 4 is 33.6 Å². The van der Waals surface area contributed by atoms with E-state index in [-0.39, 0.29) is 17.4 Å². The lowest BCUT2D eigenvalue weighted by Gasteiger charge is -2.14. The molecule has 7 nitrogen and oxygen atoms in total. The molecule has 0 saturated heterocycles. The summed E-state index contributed by atoms with van der Waals surface area (Å²) in [6.45, 7) is 4.99. The molecular weight excluding hydrogens is 428 g/mol. The Hall–Kier alpha value is -3.10. The van der Waals surface area contributed by atoms with Crippen LogP contribution in [0.25, 0.3) is 21.9 Å². The highest BCUT2D eigenvalue weighted by atomic mass is 32.2. The molecule has 4 aromatic rings. The number of phenols is 1. The van der Waals surface area contributed by atoms with Gasteiger partial charge in [0, 0.05) is 36.4 Å². The number of fused-ring (bicyclic) bond motifs is 2. The summed E-state index contributed by atoms with van der Waals surface area (Å²) in [5.74, 6) is 0.444. The summed E-state index contributed by atoms with van der Waals surface area (Å²) in [5, 5.41) is 11.6. The fourth-order valence-corrected chi connectivity index (χ4v) is 4.49. The molecule has 0 aliphatic rings. The first-order valence-corrected chi connectivity index (χ1v) is 11.4. The summed E-state index contributed by atoms with van der Waals surface area (Å²) in [7, 11) is 0. The van der Waals surface area contributed by atoms with Crippen LogP contribution in [0.3, 0.4) is 0 Å². The van der Waals surface area contributed by atoms with Crippen molar-refractivity contribution in [1.82, 2.24) is 9.55 Å². The lowest BCUT2D eigenvalue weighted by atomic mass is 10.1. The number of para-hydroxylation sites is 1. The lowest BCUT2D eigenvalue weighted by Crippen LogP contribution is -2.24. The van der Waals surface area contributed by atoms with Crippen molar-refractivity contribution < 1.29 is 14.3 Å². The molecule has 8 heteroatoms. The van der Waals surface area contributed by atoms with Gasteiger partial charge in [-0.15, -0.1) is 0 Å². The van der Waals surface area contributed by atoms with Crippen molar-refractivity contribution in [2.75, 3.05) is 6.61 Å². The summed E-state index contributed by atoms with van der Waals surface area (Å²) in [5.41, 5.74) is 1.12. The van der Waals surface area contributed by atoms with Gasteiger partial charge in [-0.2, -0.15) is 0 Å². The van der Waals surface area contributed by atoms with E-state index in [0.717, 1.165) is 10.9 Å². The van der Waals surface area contributed by atoms with Crippen LogP contribution in [0.15, 0.2) is 67.7 Å². The zero-order valence-corrected chi connectivity index (χ0v) is 18.7. The highest BCUT2D eigenvalue weighted by molar-refractivity contribution is 7.98. The molecule has 0 aliphatic heterocycles. The number of nitrogens with zero attached hydrogens (tertiary/aromatic N) is 2. The van der Waals surface area contributed by atoms with Crippen molar-refractivity contribution in [3.05, 3.63) is 74.9 Å². The van der Waals surface area contributed by atoms with Crippen LogP contribution in [0, 0.1) is 0 Å². The zero-order chi connectivity index (χ0) is 22.7. The minimum atomic E-state index is -0.492. The summed E-state index contributed by atoms with van der Waals surface area (Å²) >= 11 is 1.39. The Morgan fingerprint density at radius 2 is 1.94 bits per heavy atom. The Morgan fingerprint density at radius 3 is 2.75 bits per heavy atom. The Kier molecular flexibility index (Phi) is 6.62. The molecule has 166 valence electrons. The minimum absolute atomic E-state index is 0.0269. The van der Waals surface area contributed by atoms with E-state index < -0.39 is 5.63 Å². The van der Waals surface area contributed by atoms with E-state index in [9.17, 15) is 14.7 Å². The second-order valence-electron chi connectivity index (χ2n) is 7.70. The van der Waals surface area contributed by atoms with Crippen molar-refractivity contribution in [2.45, 2.75) is 43.8 Å². The van der Waals surface area contributed by atoms with Gasteiger partial charge in [-0.05, 0) is 50.1 Å². The number of benzene rings is 2. The maximum absolute atomic E-state index is 13.2. The Bertz CT molecular complexity index is 1380. The van der Waals surface area contributed by atoms with Crippen LogP contribution in [0.4, 0.5) is 0 Å². The van der Waals surface area contributed by atoms with E-state index in [2.05, 4.69) is 0 Å². The Balaban J connectivity index is 1.68. The Labute approximate surface area is 188 Å². The molecule has 0 bridgehead atoms. The van der Waals surface area contributed by atoms with Gasteiger partial charge >= 0.3 is 5.63 Å². The SMILES string of the molecule is CC(C)OCCCn1c(SCc2cc(=O)oc3cc(O)ccc23)nc2ccccc2c1=O. The van der Waals surface area contributed by atoms with E-state index >= 15 is 0 Å². The average molecular weight is 453 g/mol. The Morgan fingerprint density at radius 1 is 1.12 bits per heavy atom. The molecule has 0 radical (unpaired) electrons. The van der Waals surface area contributed by atoms with E-state index in [1.165, 1.54) is 23.9 Å². The molecule has 2 aromatic carbocycles. The van der Waals surface area contributed by atoms with Crippen molar-refractivity contribution in [3.63, 3.8) is 0 Å². The molecule has 4 rings (SSSR count). The fourth-order valence-electron chi connectivity index (χ4n) is 3.48. The predicted octanol–water partition coefficient (Wildman–Crippen LogP) is 4.32. The quantitative estimate of drug-likeness (QED) is 0.184. The molecule has 1 N–H and O–H groups in total. The van der Waals surface area contributed by atoms with E-state index in [1.54, 1.807) is 22.8 Å². The standard InChI is InChI=1S/C24H24N2O5S/c1-15(2)30-11-5-10-26-23(29)19-6-3-4-7-20(19)25-24(26)32-14-16-12-22(28)31-21-13-17(27)8-9-18(16)21/h3-4,6-9,12-13,15,27H,5,10-11,14H2,1-2H3. The molecule has 0 spiro atoms. The molecule has 2 heterocycles. The minimum Gasteiger partial charge on any atom is -0.508 e. The largest absolute Gasteiger partial charge is 0.508 e. The molecule has 2 aromatic heterocycles. The lowest BCUT2D eigenvalue weighted by molar-refractivity contribution is 0.0743. The highest BCUT2D eigenvalue weighted by Gasteiger charge is 2.14. The number of hydrogen-bond acceptors (Lipinski definition) is 7. The van der Waals surface area contributed by atoms with Gasteiger partial charge in [0.25, 0.3) is 5.56 Å². The zero-order valence-electron chi connectivity index (χ0n) is 17.9. The van der Waals surface area contributed by atoms with Crippen LogP contribution < -0.4 is 11.2 Å². The van der Waals surface area contributed by atoms with Crippen LogP contribution in [-0.2, 0) is 17.0 Å². The van der Waals surface area contributed by atoms with Crippen molar-refractivity contribution in [3.8, 4) is 5.75 Å². The number of aromatic nitrogens is 2. The number of hydrogen-bond donors (Lipinski definition) is 1. The first-order valence-electron chi connectivity index (χ1n) is 10.4. The number of rotatable bonds is 8. The van der Waals surface area contributed by atoms with Crippen molar-refractivity contribution in [2.24, 2.45) is 0 Å². The van der Waals surface area contributed by atoms with E-state index in [1.807, 2.05) is 32.0 Å². The number of ether oxygens (including phenoxy) is 1. The van der Waals surface area contributed by atoms with Gasteiger partial charge in [0.05, 0.1) is 17.0 Å². The molecule has 0 fully saturated rings. The molecule has 0 amide bonds. The van der Waals surface area contributed by atoms with E-state index in [4.69, 9.17) is 14.1 Å². The fraction of sp³-hybridized carbons (Fsp3) is 0.292. The topological polar surface area (TPSA) is 94.6 Å².